The predicted molar refractivity (Wildman–Crippen MR) is 91.4 cm³/mol. The maximum absolute atomic E-state index is 4.61. The van der Waals surface area contributed by atoms with Crippen molar-refractivity contribution in [2.75, 3.05) is 23.3 Å². The highest BCUT2D eigenvalue weighted by Gasteiger charge is 2.11. The van der Waals surface area contributed by atoms with Gasteiger partial charge in [0.15, 0.2) is 0 Å². The van der Waals surface area contributed by atoms with Crippen LogP contribution in [-0.2, 0) is 6.54 Å². The minimum Gasteiger partial charge on any atom is -0.380 e. The number of nitrogens with one attached hydrogen (secondary N) is 1. The normalized spacial score (nSPS) is 15.2. The van der Waals surface area contributed by atoms with Crippen molar-refractivity contribution in [2.45, 2.75) is 39.7 Å². The van der Waals surface area contributed by atoms with E-state index in [2.05, 4.69) is 47.2 Å². The first-order valence-corrected chi connectivity index (χ1v) is 8.55. The predicted octanol–water partition coefficient (Wildman–Crippen LogP) is 4.36. The van der Waals surface area contributed by atoms with Crippen LogP contribution >= 0.6 is 11.3 Å². The molecular weight excluding hydrogens is 278 g/mol. The van der Waals surface area contributed by atoms with Gasteiger partial charge in [0.25, 0.3) is 0 Å². The first-order valence-electron chi connectivity index (χ1n) is 7.73. The molecule has 3 heterocycles. The van der Waals surface area contributed by atoms with E-state index in [0.717, 1.165) is 31.1 Å². The van der Waals surface area contributed by atoms with Gasteiger partial charge in [-0.3, -0.25) is 0 Å². The Hall–Kier alpha value is -1.55. The van der Waals surface area contributed by atoms with Crippen LogP contribution in [0.5, 0.6) is 0 Å². The number of piperidine rings is 1. The zero-order valence-electron chi connectivity index (χ0n) is 12.9. The highest BCUT2D eigenvalue weighted by atomic mass is 32.1. The van der Waals surface area contributed by atoms with E-state index < -0.39 is 0 Å². The van der Waals surface area contributed by atoms with Gasteiger partial charge in [-0.2, -0.15) is 0 Å². The Labute approximate surface area is 131 Å². The molecule has 3 nitrogen and oxygen atoms in total. The molecule has 0 atom stereocenters. The van der Waals surface area contributed by atoms with Crippen LogP contribution in [0.2, 0.25) is 0 Å². The smallest absolute Gasteiger partial charge is 0.128 e. The van der Waals surface area contributed by atoms with E-state index in [9.17, 15) is 0 Å². The summed E-state index contributed by atoms with van der Waals surface area (Å²) in [6, 6.07) is 6.55. The molecule has 2 aromatic rings. The molecular formula is C17H23N3S. The van der Waals surface area contributed by atoms with Gasteiger partial charge in [0.1, 0.15) is 5.82 Å². The van der Waals surface area contributed by atoms with Crippen molar-refractivity contribution in [2.24, 2.45) is 0 Å². The summed E-state index contributed by atoms with van der Waals surface area (Å²) >= 11 is 1.86. The van der Waals surface area contributed by atoms with Gasteiger partial charge < -0.3 is 10.2 Å². The number of rotatable bonds is 4. The first kappa shape index (κ1) is 14.4. The van der Waals surface area contributed by atoms with Gasteiger partial charge in [-0.05, 0) is 56.9 Å². The number of thiophene rings is 1. The van der Waals surface area contributed by atoms with Crippen molar-refractivity contribution in [1.82, 2.24) is 4.98 Å². The summed E-state index contributed by atoms with van der Waals surface area (Å²) in [6.07, 6.45) is 5.89. The van der Waals surface area contributed by atoms with E-state index in [1.54, 1.807) is 0 Å². The SMILES string of the molecule is Cc1cc(CNc2ccc(N3CCCCC3)nc2)c(C)s1. The minimum absolute atomic E-state index is 0.876. The lowest BCUT2D eigenvalue weighted by Crippen LogP contribution is -2.30. The molecule has 1 N–H and O–H groups in total. The van der Waals surface area contributed by atoms with E-state index >= 15 is 0 Å². The minimum atomic E-state index is 0.876. The largest absolute Gasteiger partial charge is 0.380 e. The van der Waals surface area contributed by atoms with Crippen LogP contribution in [-0.4, -0.2) is 18.1 Å². The molecule has 0 unspecified atom stereocenters. The molecule has 0 amide bonds. The topological polar surface area (TPSA) is 28.2 Å². The van der Waals surface area contributed by atoms with E-state index in [4.69, 9.17) is 0 Å². The summed E-state index contributed by atoms with van der Waals surface area (Å²) in [5.41, 5.74) is 2.48. The van der Waals surface area contributed by atoms with E-state index in [-0.39, 0.29) is 0 Å². The molecule has 21 heavy (non-hydrogen) atoms. The fourth-order valence-electron chi connectivity index (χ4n) is 2.86. The highest BCUT2D eigenvalue weighted by molar-refractivity contribution is 7.12. The summed E-state index contributed by atoms with van der Waals surface area (Å²) in [7, 11) is 0. The lowest BCUT2D eigenvalue weighted by atomic mass is 10.1. The number of aryl methyl sites for hydroxylation is 2. The van der Waals surface area contributed by atoms with Crippen LogP contribution in [0.4, 0.5) is 11.5 Å². The quantitative estimate of drug-likeness (QED) is 0.909. The summed E-state index contributed by atoms with van der Waals surface area (Å²) in [5.74, 6) is 1.11. The van der Waals surface area contributed by atoms with Gasteiger partial charge in [0, 0.05) is 29.4 Å². The summed E-state index contributed by atoms with van der Waals surface area (Å²) in [6.45, 7) is 7.52. The van der Waals surface area contributed by atoms with Crippen molar-refractivity contribution >= 4 is 22.8 Å². The molecule has 1 aliphatic heterocycles. The number of nitrogens with zero attached hydrogens (tertiary/aromatic N) is 2. The maximum Gasteiger partial charge on any atom is 0.128 e. The van der Waals surface area contributed by atoms with Crippen molar-refractivity contribution in [3.63, 3.8) is 0 Å². The molecule has 0 aromatic carbocycles. The van der Waals surface area contributed by atoms with Crippen LogP contribution in [0.15, 0.2) is 24.4 Å². The fraction of sp³-hybridized carbons (Fsp3) is 0.471. The van der Waals surface area contributed by atoms with Crippen molar-refractivity contribution in [3.05, 3.63) is 39.7 Å². The Morgan fingerprint density at radius 2 is 2.00 bits per heavy atom. The Balaban J connectivity index is 1.60. The van der Waals surface area contributed by atoms with Gasteiger partial charge in [-0.1, -0.05) is 0 Å². The third kappa shape index (κ3) is 3.56. The molecule has 1 saturated heterocycles. The Bertz CT molecular complexity index is 583. The first-order chi connectivity index (χ1) is 10.2. The van der Waals surface area contributed by atoms with E-state index in [0.29, 0.717) is 0 Å². The molecule has 2 aromatic heterocycles. The molecule has 1 fully saturated rings. The molecule has 0 spiro atoms. The average Bonchev–Trinajstić information content (AvgIpc) is 2.84. The van der Waals surface area contributed by atoms with E-state index in [1.807, 2.05) is 17.5 Å². The second-order valence-corrected chi connectivity index (χ2v) is 7.21. The summed E-state index contributed by atoms with van der Waals surface area (Å²) in [5, 5.41) is 3.47. The van der Waals surface area contributed by atoms with Gasteiger partial charge in [-0.25, -0.2) is 4.98 Å². The van der Waals surface area contributed by atoms with Crippen LogP contribution in [0.3, 0.4) is 0 Å². The average molecular weight is 301 g/mol. The lowest BCUT2D eigenvalue weighted by Gasteiger charge is -2.27. The maximum atomic E-state index is 4.61. The third-order valence-electron chi connectivity index (χ3n) is 4.05. The molecule has 4 heteroatoms. The van der Waals surface area contributed by atoms with Crippen LogP contribution < -0.4 is 10.2 Å². The van der Waals surface area contributed by atoms with Gasteiger partial charge >= 0.3 is 0 Å². The van der Waals surface area contributed by atoms with Crippen LogP contribution in [0.25, 0.3) is 0 Å². The van der Waals surface area contributed by atoms with Gasteiger partial charge in [-0.15, -0.1) is 11.3 Å². The molecule has 0 bridgehead atoms. The van der Waals surface area contributed by atoms with Gasteiger partial charge in [0.2, 0.25) is 0 Å². The number of anilines is 2. The molecule has 0 radical (unpaired) electrons. The second kappa shape index (κ2) is 6.48. The fourth-order valence-corrected chi connectivity index (χ4v) is 3.80. The lowest BCUT2D eigenvalue weighted by molar-refractivity contribution is 0.573. The zero-order chi connectivity index (χ0) is 14.7. The molecule has 0 aliphatic carbocycles. The molecule has 3 rings (SSSR count). The summed E-state index contributed by atoms with van der Waals surface area (Å²) in [4.78, 5) is 9.78. The van der Waals surface area contributed by atoms with Crippen LogP contribution in [0, 0.1) is 13.8 Å². The number of hydrogen-bond acceptors (Lipinski definition) is 4. The third-order valence-corrected chi connectivity index (χ3v) is 5.06. The monoisotopic (exact) mass is 301 g/mol. The van der Waals surface area contributed by atoms with Crippen molar-refractivity contribution in [3.8, 4) is 0 Å². The van der Waals surface area contributed by atoms with Gasteiger partial charge in [0.05, 0.1) is 11.9 Å². The number of hydrogen-bond donors (Lipinski definition) is 1. The van der Waals surface area contributed by atoms with Crippen molar-refractivity contribution < 1.29 is 0 Å². The number of pyridine rings is 1. The Morgan fingerprint density at radius 1 is 1.19 bits per heavy atom. The Morgan fingerprint density at radius 3 is 2.62 bits per heavy atom. The Kier molecular flexibility index (Phi) is 4.44. The highest BCUT2D eigenvalue weighted by Crippen LogP contribution is 2.22. The standard InChI is InChI=1S/C17H23N3S/c1-13-10-15(14(2)21-13)11-18-16-6-7-17(19-12-16)20-8-4-3-5-9-20/h6-7,10,12,18H,3-5,8-9,11H2,1-2H3. The molecule has 0 saturated carbocycles. The van der Waals surface area contributed by atoms with E-state index in [1.165, 1.54) is 34.6 Å². The summed E-state index contributed by atoms with van der Waals surface area (Å²) < 4.78 is 0. The number of aromatic nitrogens is 1. The molecule has 1 aliphatic rings. The zero-order valence-corrected chi connectivity index (χ0v) is 13.7. The van der Waals surface area contributed by atoms with Crippen LogP contribution in [0.1, 0.15) is 34.6 Å². The second-order valence-electron chi connectivity index (χ2n) is 5.74. The molecule has 112 valence electrons. The van der Waals surface area contributed by atoms with Crippen molar-refractivity contribution in [1.29, 1.82) is 0 Å².